The molecule has 2 aromatic rings. The second-order valence-corrected chi connectivity index (χ2v) is 7.12. The van der Waals surface area contributed by atoms with Gasteiger partial charge in [-0.3, -0.25) is 4.79 Å². The summed E-state index contributed by atoms with van der Waals surface area (Å²) in [7, 11) is 0. The Labute approximate surface area is 162 Å². The zero-order valence-electron chi connectivity index (χ0n) is 16.6. The van der Waals surface area contributed by atoms with E-state index in [1.165, 1.54) is 0 Å². The molecule has 0 spiro atoms. The molecule has 27 heavy (non-hydrogen) atoms. The van der Waals surface area contributed by atoms with E-state index in [0.717, 1.165) is 35.7 Å². The van der Waals surface area contributed by atoms with E-state index in [4.69, 9.17) is 4.74 Å². The summed E-state index contributed by atoms with van der Waals surface area (Å²) in [5, 5.41) is 4.01. The van der Waals surface area contributed by atoms with Crippen LogP contribution in [0.1, 0.15) is 40.0 Å². The van der Waals surface area contributed by atoms with Gasteiger partial charge < -0.3 is 10.1 Å². The highest BCUT2D eigenvalue weighted by Gasteiger charge is 1.99. The second kappa shape index (κ2) is 11.2. The van der Waals surface area contributed by atoms with Crippen molar-refractivity contribution < 1.29 is 9.53 Å². The standard InChI is InChI=1S/C23H30N2O2/c1-18(2)17-24-22(26)16-19(3)10-6-4-5-9-15-27-23-14-13-20-11-7-8-12-21(20)25-23/h6-8,10-14,16,18H,4-5,9,15,17H2,1-3H3,(H,24,26)/b10-6+,19-16+. The first-order valence-corrected chi connectivity index (χ1v) is 9.66. The largest absolute Gasteiger partial charge is 0.478 e. The Morgan fingerprint density at radius 1 is 1.19 bits per heavy atom. The van der Waals surface area contributed by atoms with Gasteiger partial charge in [-0.25, -0.2) is 4.98 Å². The van der Waals surface area contributed by atoms with Crippen LogP contribution < -0.4 is 10.1 Å². The number of fused-ring (bicyclic) bond motifs is 1. The monoisotopic (exact) mass is 366 g/mol. The highest BCUT2D eigenvalue weighted by Crippen LogP contribution is 2.16. The van der Waals surface area contributed by atoms with Gasteiger partial charge in [0.2, 0.25) is 11.8 Å². The number of nitrogens with one attached hydrogen (secondary N) is 1. The average molecular weight is 367 g/mol. The van der Waals surface area contributed by atoms with Gasteiger partial charge in [-0.1, -0.05) is 44.2 Å². The molecule has 0 saturated carbocycles. The molecule has 1 heterocycles. The summed E-state index contributed by atoms with van der Waals surface area (Å²) in [4.78, 5) is 16.2. The zero-order valence-corrected chi connectivity index (χ0v) is 16.6. The van der Waals surface area contributed by atoms with Crippen LogP contribution in [0.2, 0.25) is 0 Å². The fourth-order valence-electron chi connectivity index (χ4n) is 2.55. The van der Waals surface area contributed by atoms with Crippen molar-refractivity contribution in [2.24, 2.45) is 5.92 Å². The number of unbranched alkanes of at least 4 members (excludes halogenated alkanes) is 2. The minimum Gasteiger partial charge on any atom is -0.478 e. The maximum Gasteiger partial charge on any atom is 0.244 e. The number of carbonyl (C=O) groups is 1. The van der Waals surface area contributed by atoms with Gasteiger partial charge in [0, 0.05) is 24.1 Å². The molecule has 1 aromatic heterocycles. The Kier molecular flexibility index (Phi) is 8.56. The molecule has 0 atom stereocenters. The lowest BCUT2D eigenvalue weighted by Gasteiger charge is -2.06. The fraction of sp³-hybridized carbons (Fsp3) is 0.391. The maximum absolute atomic E-state index is 11.7. The summed E-state index contributed by atoms with van der Waals surface area (Å²) in [6.07, 6.45) is 8.73. The molecular formula is C23H30N2O2. The van der Waals surface area contributed by atoms with Crippen LogP contribution >= 0.6 is 0 Å². The van der Waals surface area contributed by atoms with Crippen LogP contribution in [0, 0.1) is 5.92 Å². The van der Waals surface area contributed by atoms with E-state index in [0.29, 0.717) is 24.9 Å². The Bertz CT molecular complexity index is 794. The molecular weight excluding hydrogens is 336 g/mol. The molecule has 0 aliphatic heterocycles. The van der Waals surface area contributed by atoms with Crippen LogP contribution in [-0.2, 0) is 4.79 Å². The van der Waals surface area contributed by atoms with Crippen LogP contribution in [0.4, 0.5) is 0 Å². The van der Waals surface area contributed by atoms with E-state index in [9.17, 15) is 4.79 Å². The number of hydrogen-bond donors (Lipinski definition) is 1. The van der Waals surface area contributed by atoms with Crippen LogP contribution in [-0.4, -0.2) is 24.0 Å². The molecule has 2 rings (SSSR count). The Morgan fingerprint density at radius 3 is 2.81 bits per heavy atom. The summed E-state index contributed by atoms with van der Waals surface area (Å²) in [6, 6.07) is 12.0. The van der Waals surface area contributed by atoms with Gasteiger partial charge in [-0.05, 0) is 49.8 Å². The van der Waals surface area contributed by atoms with Gasteiger partial charge in [0.15, 0.2) is 0 Å². The number of ether oxygens (including phenoxy) is 1. The molecule has 0 unspecified atom stereocenters. The Balaban J connectivity index is 1.63. The molecule has 4 heteroatoms. The van der Waals surface area contributed by atoms with Crippen molar-refractivity contribution in [3.8, 4) is 5.88 Å². The molecule has 1 aromatic carbocycles. The zero-order chi connectivity index (χ0) is 19.5. The molecule has 0 radical (unpaired) electrons. The smallest absolute Gasteiger partial charge is 0.244 e. The summed E-state index contributed by atoms with van der Waals surface area (Å²) in [5.74, 6) is 1.11. The number of nitrogens with zero attached hydrogens (tertiary/aromatic N) is 1. The molecule has 0 aliphatic carbocycles. The van der Waals surface area contributed by atoms with Crippen molar-refractivity contribution in [2.75, 3.05) is 13.2 Å². The third kappa shape index (κ3) is 8.07. The first kappa shape index (κ1) is 20.7. The Hall–Kier alpha value is -2.62. The predicted octanol–water partition coefficient (Wildman–Crippen LogP) is 5.06. The molecule has 0 bridgehead atoms. The van der Waals surface area contributed by atoms with Crippen LogP contribution in [0.15, 0.2) is 60.2 Å². The average Bonchev–Trinajstić information content (AvgIpc) is 2.65. The lowest BCUT2D eigenvalue weighted by molar-refractivity contribution is -0.116. The first-order valence-electron chi connectivity index (χ1n) is 9.66. The normalized spacial score (nSPS) is 12.1. The van der Waals surface area contributed by atoms with Crippen molar-refractivity contribution in [3.05, 3.63) is 60.2 Å². The van der Waals surface area contributed by atoms with Crippen molar-refractivity contribution in [3.63, 3.8) is 0 Å². The van der Waals surface area contributed by atoms with Crippen molar-refractivity contribution in [1.82, 2.24) is 10.3 Å². The molecule has 1 N–H and O–H groups in total. The van der Waals surface area contributed by atoms with Crippen molar-refractivity contribution in [2.45, 2.75) is 40.0 Å². The van der Waals surface area contributed by atoms with E-state index in [1.807, 2.05) is 49.4 Å². The third-order valence-electron chi connectivity index (χ3n) is 4.01. The number of pyridine rings is 1. The summed E-state index contributed by atoms with van der Waals surface area (Å²) >= 11 is 0. The quantitative estimate of drug-likeness (QED) is 0.363. The minimum atomic E-state index is -0.0258. The van der Waals surface area contributed by atoms with Gasteiger partial charge in [-0.15, -0.1) is 0 Å². The fourth-order valence-corrected chi connectivity index (χ4v) is 2.55. The maximum atomic E-state index is 11.7. The van der Waals surface area contributed by atoms with Gasteiger partial charge in [0.25, 0.3) is 0 Å². The number of rotatable bonds is 10. The van der Waals surface area contributed by atoms with E-state index >= 15 is 0 Å². The summed E-state index contributed by atoms with van der Waals surface area (Å²) in [6.45, 7) is 7.47. The topological polar surface area (TPSA) is 51.2 Å². The number of aromatic nitrogens is 1. The van der Waals surface area contributed by atoms with Crippen LogP contribution in [0.25, 0.3) is 10.9 Å². The minimum absolute atomic E-state index is 0.0258. The molecule has 0 aliphatic rings. The number of para-hydroxylation sites is 1. The Morgan fingerprint density at radius 2 is 2.00 bits per heavy atom. The SMILES string of the molecule is CC(/C=C/CCCCOc1ccc2ccccc2n1)=C\C(=O)NCC(C)C. The first-order chi connectivity index (χ1) is 13.0. The summed E-state index contributed by atoms with van der Waals surface area (Å²) < 4.78 is 5.74. The molecule has 0 fully saturated rings. The van der Waals surface area contributed by atoms with Gasteiger partial charge in [0.1, 0.15) is 0 Å². The second-order valence-electron chi connectivity index (χ2n) is 7.12. The van der Waals surface area contributed by atoms with Gasteiger partial charge in [-0.2, -0.15) is 0 Å². The number of amides is 1. The number of benzene rings is 1. The number of carbonyl (C=O) groups excluding carboxylic acids is 1. The van der Waals surface area contributed by atoms with Crippen LogP contribution in [0.5, 0.6) is 5.88 Å². The van der Waals surface area contributed by atoms with E-state index in [1.54, 1.807) is 6.08 Å². The number of allylic oxidation sites excluding steroid dienone is 3. The third-order valence-corrected chi connectivity index (χ3v) is 4.01. The number of hydrogen-bond acceptors (Lipinski definition) is 3. The van der Waals surface area contributed by atoms with Crippen molar-refractivity contribution >= 4 is 16.8 Å². The van der Waals surface area contributed by atoms with Gasteiger partial charge in [0.05, 0.1) is 12.1 Å². The molecule has 144 valence electrons. The lowest BCUT2D eigenvalue weighted by atomic mass is 10.2. The van der Waals surface area contributed by atoms with E-state index in [2.05, 4.69) is 30.2 Å². The lowest BCUT2D eigenvalue weighted by Crippen LogP contribution is -2.25. The predicted molar refractivity (Wildman–Crippen MR) is 112 cm³/mol. The van der Waals surface area contributed by atoms with Crippen molar-refractivity contribution in [1.29, 1.82) is 0 Å². The molecule has 4 nitrogen and oxygen atoms in total. The van der Waals surface area contributed by atoms with Crippen LogP contribution in [0.3, 0.4) is 0 Å². The van der Waals surface area contributed by atoms with Gasteiger partial charge >= 0.3 is 0 Å². The van der Waals surface area contributed by atoms with E-state index < -0.39 is 0 Å². The molecule has 1 amide bonds. The summed E-state index contributed by atoms with van der Waals surface area (Å²) in [5.41, 5.74) is 1.92. The highest BCUT2D eigenvalue weighted by atomic mass is 16.5. The molecule has 0 saturated heterocycles. The highest BCUT2D eigenvalue weighted by molar-refractivity contribution is 5.88. The van der Waals surface area contributed by atoms with E-state index in [-0.39, 0.29) is 5.91 Å².